The maximum Gasteiger partial charge on any atom is 0.203 e. The molecule has 0 radical (unpaired) electrons. The summed E-state index contributed by atoms with van der Waals surface area (Å²) in [6, 6.07) is 1.95. The Balaban J connectivity index is 2.01. The van der Waals surface area contributed by atoms with Gasteiger partial charge in [-0.15, -0.1) is 0 Å². The highest BCUT2D eigenvalue weighted by molar-refractivity contribution is 5.64. The fourth-order valence-electron chi connectivity index (χ4n) is 4.33. The van der Waals surface area contributed by atoms with Crippen LogP contribution in [0.15, 0.2) is 17.7 Å². The minimum absolute atomic E-state index is 0.140. The summed E-state index contributed by atoms with van der Waals surface area (Å²) in [5.74, 6) is 1.75. The molecule has 1 spiro atoms. The van der Waals surface area contributed by atoms with Gasteiger partial charge >= 0.3 is 0 Å². The van der Waals surface area contributed by atoms with Gasteiger partial charge in [-0.25, -0.2) is 0 Å². The standard InChI is InChI=1S/C19H24O6/c1-10-12-8-15(21-2)17(22-3)18(23-4)16(12)19-6-5-13(20)14(25-19)7-11(19)9-24-10/h7-8,10,13-14,20H,5-6,9H2,1-4H3/t10-,13+,14+,19+/m1/s1. The van der Waals surface area contributed by atoms with E-state index >= 15 is 0 Å². The third-order valence-electron chi connectivity index (χ3n) is 5.58. The second-order valence-corrected chi connectivity index (χ2v) is 6.77. The van der Waals surface area contributed by atoms with E-state index in [4.69, 9.17) is 23.7 Å². The van der Waals surface area contributed by atoms with Crippen LogP contribution < -0.4 is 14.2 Å². The fourth-order valence-corrected chi connectivity index (χ4v) is 4.33. The Hall–Kier alpha value is -1.76. The van der Waals surface area contributed by atoms with Crippen LogP contribution in [0.1, 0.15) is 37.0 Å². The van der Waals surface area contributed by atoms with Crippen LogP contribution in [0, 0.1) is 0 Å². The molecule has 0 saturated carbocycles. The summed E-state index contributed by atoms with van der Waals surface area (Å²) in [5, 5.41) is 10.2. The Morgan fingerprint density at radius 1 is 1.16 bits per heavy atom. The van der Waals surface area contributed by atoms with Crippen molar-refractivity contribution in [3.8, 4) is 17.2 Å². The molecule has 0 aliphatic carbocycles. The van der Waals surface area contributed by atoms with Crippen molar-refractivity contribution in [1.29, 1.82) is 0 Å². The number of benzene rings is 1. The summed E-state index contributed by atoms with van der Waals surface area (Å²) in [6.45, 7) is 2.48. The average Bonchev–Trinajstić information content (AvgIpc) is 2.90. The molecule has 6 nitrogen and oxygen atoms in total. The first kappa shape index (κ1) is 16.7. The van der Waals surface area contributed by atoms with Crippen molar-refractivity contribution >= 4 is 0 Å². The van der Waals surface area contributed by atoms with Gasteiger partial charge < -0.3 is 28.8 Å². The van der Waals surface area contributed by atoms with E-state index in [2.05, 4.69) is 0 Å². The van der Waals surface area contributed by atoms with Gasteiger partial charge in [0.15, 0.2) is 11.5 Å². The fraction of sp³-hybridized carbons (Fsp3) is 0.579. The van der Waals surface area contributed by atoms with Crippen LogP contribution in [-0.4, -0.2) is 45.3 Å². The first-order chi connectivity index (χ1) is 12.1. The molecule has 6 heteroatoms. The van der Waals surface area contributed by atoms with Gasteiger partial charge in [0.25, 0.3) is 0 Å². The van der Waals surface area contributed by atoms with Crippen LogP contribution in [0.2, 0.25) is 0 Å². The monoisotopic (exact) mass is 348 g/mol. The van der Waals surface area contributed by atoms with E-state index in [1.807, 2.05) is 19.1 Å². The lowest BCUT2D eigenvalue weighted by atomic mass is 9.79. The summed E-state index contributed by atoms with van der Waals surface area (Å²) < 4.78 is 29.3. The summed E-state index contributed by atoms with van der Waals surface area (Å²) in [4.78, 5) is 0. The molecule has 0 aromatic heterocycles. The molecule has 136 valence electrons. The van der Waals surface area contributed by atoms with Crippen LogP contribution in [0.5, 0.6) is 17.2 Å². The van der Waals surface area contributed by atoms with Crippen LogP contribution in [0.4, 0.5) is 0 Å². The molecule has 1 saturated heterocycles. The topological polar surface area (TPSA) is 66.4 Å². The van der Waals surface area contributed by atoms with Crippen molar-refractivity contribution in [3.63, 3.8) is 0 Å². The molecule has 1 N–H and O–H groups in total. The second-order valence-electron chi connectivity index (χ2n) is 6.77. The lowest BCUT2D eigenvalue weighted by molar-refractivity contribution is -0.127. The van der Waals surface area contributed by atoms with Crippen molar-refractivity contribution in [2.24, 2.45) is 0 Å². The quantitative estimate of drug-likeness (QED) is 0.847. The lowest BCUT2D eigenvalue weighted by Crippen LogP contribution is -2.41. The van der Waals surface area contributed by atoms with Crippen LogP contribution in [-0.2, 0) is 15.1 Å². The van der Waals surface area contributed by atoms with E-state index in [1.54, 1.807) is 21.3 Å². The van der Waals surface area contributed by atoms with E-state index in [0.717, 1.165) is 16.7 Å². The van der Waals surface area contributed by atoms with Gasteiger partial charge in [-0.2, -0.15) is 0 Å². The largest absolute Gasteiger partial charge is 0.493 e. The van der Waals surface area contributed by atoms with Crippen molar-refractivity contribution in [3.05, 3.63) is 28.8 Å². The molecule has 3 heterocycles. The molecule has 4 atom stereocenters. The summed E-state index contributed by atoms with van der Waals surface area (Å²) in [6.07, 6.45) is 2.40. The number of hydrogen-bond donors (Lipinski definition) is 1. The number of fused-ring (bicyclic) bond motifs is 2. The Morgan fingerprint density at radius 3 is 2.60 bits per heavy atom. The first-order valence-electron chi connectivity index (χ1n) is 8.57. The molecule has 25 heavy (non-hydrogen) atoms. The van der Waals surface area contributed by atoms with E-state index in [0.29, 0.717) is 36.7 Å². The Bertz CT molecular complexity index is 727. The minimum Gasteiger partial charge on any atom is -0.493 e. The SMILES string of the molecule is COc1cc2c(c(OC)c1OC)[C@]13CC[C@H](O)[C@H](C=C1CO[C@@H]2C)O3. The highest BCUT2D eigenvalue weighted by Gasteiger charge is 2.54. The molecular formula is C19H24O6. The lowest BCUT2D eigenvalue weighted by Gasteiger charge is -2.39. The predicted molar refractivity (Wildman–Crippen MR) is 90.3 cm³/mol. The third-order valence-corrected chi connectivity index (χ3v) is 5.58. The minimum atomic E-state index is -0.644. The van der Waals surface area contributed by atoms with Crippen LogP contribution >= 0.6 is 0 Å². The zero-order valence-electron chi connectivity index (χ0n) is 15.0. The molecule has 1 aromatic rings. The maximum absolute atomic E-state index is 10.2. The molecular weight excluding hydrogens is 324 g/mol. The van der Waals surface area contributed by atoms with E-state index in [-0.39, 0.29) is 12.2 Å². The van der Waals surface area contributed by atoms with Crippen molar-refractivity contribution in [1.82, 2.24) is 0 Å². The van der Waals surface area contributed by atoms with E-state index < -0.39 is 11.7 Å². The smallest absolute Gasteiger partial charge is 0.203 e. The molecule has 4 rings (SSSR count). The van der Waals surface area contributed by atoms with Crippen molar-refractivity contribution in [2.45, 2.75) is 43.7 Å². The van der Waals surface area contributed by atoms with Gasteiger partial charge in [0.05, 0.1) is 40.1 Å². The van der Waals surface area contributed by atoms with Crippen LogP contribution in [0.25, 0.3) is 0 Å². The number of aliphatic hydroxyl groups is 1. The average molecular weight is 348 g/mol. The number of ether oxygens (including phenoxy) is 5. The third kappa shape index (κ3) is 2.21. The van der Waals surface area contributed by atoms with Crippen molar-refractivity contribution < 1.29 is 28.8 Å². The number of methoxy groups -OCH3 is 3. The zero-order valence-corrected chi connectivity index (χ0v) is 15.0. The number of rotatable bonds is 3. The summed E-state index contributed by atoms with van der Waals surface area (Å²) in [5.41, 5.74) is 2.30. The maximum atomic E-state index is 10.2. The van der Waals surface area contributed by atoms with Gasteiger partial charge in [-0.3, -0.25) is 0 Å². The van der Waals surface area contributed by atoms with Gasteiger partial charge in [-0.1, -0.05) is 0 Å². The normalized spacial score (nSPS) is 33.0. The predicted octanol–water partition coefficient (Wildman–Crippen LogP) is 2.48. The molecule has 0 amide bonds. The molecule has 1 fully saturated rings. The molecule has 1 aromatic carbocycles. The van der Waals surface area contributed by atoms with E-state index in [1.165, 1.54) is 0 Å². The van der Waals surface area contributed by atoms with Gasteiger partial charge in [-0.05, 0) is 43.0 Å². The highest BCUT2D eigenvalue weighted by Crippen LogP contribution is 2.58. The zero-order chi connectivity index (χ0) is 17.8. The Labute approximate surface area is 147 Å². The highest BCUT2D eigenvalue weighted by atomic mass is 16.5. The van der Waals surface area contributed by atoms with Gasteiger partial charge in [0, 0.05) is 5.56 Å². The number of hydrogen-bond acceptors (Lipinski definition) is 6. The van der Waals surface area contributed by atoms with Crippen molar-refractivity contribution in [2.75, 3.05) is 27.9 Å². The van der Waals surface area contributed by atoms with Crippen LogP contribution in [0.3, 0.4) is 0 Å². The number of aliphatic hydroxyl groups excluding tert-OH is 1. The van der Waals surface area contributed by atoms with E-state index in [9.17, 15) is 5.11 Å². The molecule has 0 unspecified atom stereocenters. The molecule has 2 bridgehead atoms. The molecule has 3 aliphatic rings. The Morgan fingerprint density at radius 2 is 1.92 bits per heavy atom. The summed E-state index contributed by atoms with van der Waals surface area (Å²) >= 11 is 0. The van der Waals surface area contributed by atoms with Gasteiger partial charge in [0.1, 0.15) is 11.7 Å². The summed E-state index contributed by atoms with van der Waals surface area (Å²) in [7, 11) is 4.83. The second kappa shape index (κ2) is 5.90. The van der Waals surface area contributed by atoms with Gasteiger partial charge in [0.2, 0.25) is 5.75 Å². The Kier molecular flexibility index (Phi) is 3.94. The molecule has 3 aliphatic heterocycles. The first-order valence-corrected chi connectivity index (χ1v) is 8.57.